The number of halogens is 1. The maximum Gasteiger partial charge on any atom is 0.255 e. The molecule has 1 saturated heterocycles. The predicted molar refractivity (Wildman–Crippen MR) is 125 cm³/mol. The van der Waals surface area contributed by atoms with E-state index in [1.54, 1.807) is 42.2 Å². The number of aromatic nitrogens is 3. The largest absolute Gasteiger partial charge is 0.493 e. The van der Waals surface area contributed by atoms with E-state index in [2.05, 4.69) is 16.2 Å². The van der Waals surface area contributed by atoms with E-state index in [9.17, 15) is 9.90 Å². The van der Waals surface area contributed by atoms with Crippen molar-refractivity contribution in [3.63, 3.8) is 0 Å². The maximum absolute atomic E-state index is 15.2. The van der Waals surface area contributed by atoms with Crippen LogP contribution >= 0.6 is 0 Å². The number of hydrogen-bond donors (Lipinski definition) is 1. The number of rotatable bonds is 4. The number of aryl methyl sites for hydroxylation is 1. The molecule has 34 heavy (non-hydrogen) atoms. The van der Waals surface area contributed by atoms with Crippen LogP contribution in [0.25, 0.3) is 16.9 Å². The highest BCUT2D eigenvalue weighted by atomic mass is 19.1. The van der Waals surface area contributed by atoms with Crippen LogP contribution in [0.15, 0.2) is 42.7 Å². The molecule has 1 aromatic carbocycles. The van der Waals surface area contributed by atoms with Gasteiger partial charge in [0.15, 0.2) is 5.82 Å². The first kappa shape index (κ1) is 23.4. The lowest BCUT2D eigenvalue weighted by molar-refractivity contribution is 0.0590. The summed E-state index contributed by atoms with van der Waals surface area (Å²) in [5.74, 6) is -0.0286. The molecule has 176 valence electrons. The third-order valence-corrected chi connectivity index (χ3v) is 6.30. The van der Waals surface area contributed by atoms with Crippen molar-refractivity contribution >= 4 is 5.91 Å². The van der Waals surface area contributed by atoms with E-state index in [4.69, 9.17) is 5.26 Å². The lowest BCUT2D eigenvalue weighted by atomic mass is 10.0. The van der Waals surface area contributed by atoms with Crippen LogP contribution in [0.2, 0.25) is 0 Å². The van der Waals surface area contributed by atoms with Gasteiger partial charge in [-0.3, -0.25) is 4.79 Å². The molecule has 9 heteroatoms. The normalized spacial score (nSPS) is 19.0. The maximum atomic E-state index is 15.2. The van der Waals surface area contributed by atoms with Crippen molar-refractivity contribution in [2.45, 2.75) is 25.9 Å². The SMILES string of the molecule is CCC1(F)CN(C)CCN(C(=O)c2ccc(-n3ncc(-c4ccc(C#N)cc4C)c3O)nc2)C1. The highest BCUT2D eigenvalue weighted by Gasteiger charge is 2.36. The van der Waals surface area contributed by atoms with E-state index in [-0.39, 0.29) is 18.3 Å². The summed E-state index contributed by atoms with van der Waals surface area (Å²) in [6.45, 7) is 5.03. The molecular formula is C25H27FN6O2. The molecular weight excluding hydrogens is 435 g/mol. The number of hydrogen-bond acceptors (Lipinski definition) is 6. The summed E-state index contributed by atoms with van der Waals surface area (Å²) < 4.78 is 16.5. The number of alkyl halides is 1. The van der Waals surface area contributed by atoms with Crippen molar-refractivity contribution in [1.29, 1.82) is 5.26 Å². The molecule has 1 N–H and O–H groups in total. The van der Waals surface area contributed by atoms with Crippen LogP contribution in [-0.2, 0) is 0 Å². The molecule has 0 radical (unpaired) electrons. The second-order valence-electron chi connectivity index (χ2n) is 8.81. The van der Waals surface area contributed by atoms with Crippen molar-refractivity contribution in [3.8, 4) is 28.9 Å². The number of likely N-dealkylation sites (N-methyl/N-ethyl adjacent to an activating group) is 1. The molecule has 1 atom stereocenters. The van der Waals surface area contributed by atoms with Crippen LogP contribution < -0.4 is 0 Å². The zero-order valence-corrected chi connectivity index (χ0v) is 19.5. The van der Waals surface area contributed by atoms with E-state index in [1.165, 1.54) is 17.1 Å². The van der Waals surface area contributed by atoms with Gasteiger partial charge in [-0.1, -0.05) is 13.0 Å². The van der Waals surface area contributed by atoms with E-state index in [0.717, 1.165) is 11.1 Å². The van der Waals surface area contributed by atoms with Crippen molar-refractivity contribution in [2.75, 3.05) is 33.2 Å². The van der Waals surface area contributed by atoms with Crippen molar-refractivity contribution in [3.05, 3.63) is 59.4 Å². The van der Waals surface area contributed by atoms with Gasteiger partial charge in [0.2, 0.25) is 5.88 Å². The number of nitrogens with zero attached hydrogens (tertiary/aromatic N) is 6. The Hall–Kier alpha value is -3.77. The summed E-state index contributed by atoms with van der Waals surface area (Å²) >= 11 is 0. The molecule has 2 aromatic heterocycles. The van der Waals surface area contributed by atoms with Gasteiger partial charge in [0.05, 0.1) is 35.5 Å². The minimum Gasteiger partial charge on any atom is -0.493 e. The smallest absolute Gasteiger partial charge is 0.255 e. The lowest BCUT2D eigenvalue weighted by Crippen LogP contribution is -2.44. The second-order valence-corrected chi connectivity index (χ2v) is 8.81. The van der Waals surface area contributed by atoms with Crippen LogP contribution in [0.3, 0.4) is 0 Å². The van der Waals surface area contributed by atoms with Crippen LogP contribution in [-0.4, -0.2) is 74.5 Å². The molecule has 4 rings (SSSR count). The first-order chi connectivity index (χ1) is 16.2. The van der Waals surface area contributed by atoms with Gasteiger partial charge in [-0.05, 0) is 55.8 Å². The monoisotopic (exact) mass is 462 g/mol. The van der Waals surface area contributed by atoms with Crippen LogP contribution in [0.4, 0.5) is 4.39 Å². The first-order valence-corrected chi connectivity index (χ1v) is 11.2. The first-order valence-electron chi connectivity index (χ1n) is 11.2. The van der Waals surface area contributed by atoms with Gasteiger partial charge in [0.1, 0.15) is 5.67 Å². The van der Waals surface area contributed by atoms with Crippen molar-refractivity contribution < 1.29 is 14.3 Å². The lowest BCUT2D eigenvalue weighted by Gasteiger charge is -2.29. The minimum atomic E-state index is -1.45. The quantitative estimate of drug-likeness (QED) is 0.639. The molecule has 1 unspecified atom stereocenters. The summed E-state index contributed by atoms with van der Waals surface area (Å²) in [7, 11) is 1.86. The topological polar surface area (TPSA) is 98.3 Å². The highest BCUT2D eigenvalue weighted by molar-refractivity contribution is 5.94. The molecule has 0 bridgehead atoms. The Morgan fingerprint density at radius 1 is 1.21 bits per heavy atom. The Kier molecular flexibility index (Phi) is 6.35. The van der Waals surface area contributed by atoms with E-state index in [1.807, 2.05) is 18.9 Å². The number of carbonyl (C=O) groups excluding carboxylic acids is 1. The van der Waals surface area contributed by atoms with Crippen LogP contribution in [0.5, 0.6) is 5.88 Å². The number of aromatic hydroxyl groups is 1. The van der Waals surface area contributed by atoms with Gasteiger partial charge in [0.25, 0.3) is 5.91 Å². The predicted octanol–water partition coefficient (Wildman–Crippen LogP) is 3.33. The fraction of sp³-hybridized carbons (Fsp3) is 0.360. The Labute approximate surface area is 197 Å². The number of benzene rings is 1. The number of amides is 1. The molecule has 8 nitrogen and oxygen atoms in total. The van der Waals surface area contributed by atoms with Gasteiger partial charge in [0, 0.05) is 25.8 Å². The van der Waals surface area contributed by atoms with Gasteiger partial charge in [-0.25, -0.2) is 9.37 Å². The Morgan fingerprint density at radius 2 is 2.00 bits per heavy atom. The van der Waals surface area contributed by atoms with Crippen molar-refractivity contribution in [1.82, 2.24) is 24.6 Å². The fourth-order valence-electron chi connectivity index (χ4n) is 4.28. The van der Waals surface area contributed by atoms with Crippen molar-refractivity contribution in [2.24, 2.45) is 0 Å². The average molecular weight is 463 g/mol. The van der Waals surface area contributed by atoms with Gasteiger partial charge in [-0.15, -0.1) is 0 Å². The molecule has 1 fully saturated rings. The summed E-state index contributed by atoms with van der Waals surface area (Å²) in [6.07, 6.45) is 3.29. The molecule has 1 aliphatic rings. The summed E-state index contributed by atoms with van der Waals surface area (Å²) in [5.41, 5.74) is 1.54. The molecule has 0 aliphatic carbocycles. The standard InChI is InChI=1S/C25H27FN6O2/c1-4-25(26)15-30(3)9-10-31(16-25)23(33)19-6-8-22(28-13-19)32-24(34)21(14-29-32)20-7-5-18(12-27)11-17(20)2/h5-8,11,13-14,34H,4,9-10,15-16H2,1-3H3. The minimum absolute atomic E-state index is 0.0433. The number of pyridine rings is 1. The Balaban J connectivity index is 1.57. The third-order valence-electron chi connectivity index (χ3n) is 6.30. The molecule has 1 aliphatic heterocycles. The van der Waals surface area contributed by atoms with E-state index >= 15 is 4.39 Å². The molecule has 0 spiro atoms. The number of nitriles is 1. The van der Waals surface area contributed by atoms with Gasteiger partial charge < -0.3 is 14.9 Å². The fourth-order valence-corrected chi connectivity index (χ4v) is 4.28. The molecule has 0 saturated carbocycles. The zero-order chi connectivity index (χ0) is 24.5. The van der Waals surface area contributed by atoms with E-state index in [0.29, 0.717) is 48.6 Å². The van der Waals surface area contributed by atoms with Gasteiger partial charge in [-0.2, -0.15) is 15.0 Å². The zero-order valence-electron chi connectivity index (χ0n) is 19.5. The Bertz CT molecular complexity index is 1250. The summed E-state index contributed by atoms with van der Waals surface area (Å²) in [5, 5.41) is 24.1. The summed E-state index contributed by atoms with van der Waals surface area (Å²) in [6, 6.07) is 10.5. The van der Waals surface area contributed by atoms with E-state index < -0.39 is 5.67 Å². The summed E-state index contributed by atoms with van der Waals surface area (Å²) in [4.78, 5) is 20.8. The van der Waals surface area contributed by atoms with Crippen LogP contribution in [0, 0.1) is 18.3 Å². The van der Waals surface area contributed by atoms with Gasteiger partial charge >= 0.3 is 0 Å². The highest BCUT2D eigenvalue weighted by Crippen LogP contribution is 2.33. The molecule has 3 heterocycles. The second kappa shape index (κ2) is 9.23. The molecule has 3 aromatic rings. The average Bonchev–Trinajstić information content (AvgIpc) is 3.13. The number of carbonyl (C=O) groups is 1. The van der Waals surface area contributed by atoms with Crippen LogP contribution in [0.1, 0.15) is 34.8 Å². The Morgan fingerprint density at radius 3 is 2.65 bits per heavy atom. The third kappa shape index (κ3) is 4.50. The molecule has 1 amide bonds.